The predicted molar refractivity (Wildman–Crippen MR) is 100 cm³/mol. The molecule has 1 aliphatic rings. The highest BCUT2D eigenvalue weighted by Gasteiger charge is 2.21. The number of carbonyl (C=O) groups is 1. The quantitative estimate of drug-likeness (QED) is 0.881. The first-order valence-corrected chi connectivity index (χ1v) is 8.84. The van der Waals surface area contributed by atoms with E-state index >= 15 is 0 Å². The molecule has 5 nitrogen and oxygen atoms in total. The monoisotopic (exact) mass is 336 g/mol. The summed E-state index contributed by atoms with van der Waals surface area (Å²) in [5.41, 5.74) is 1.17. The van der Waals surface area contributed by atoms with E-state index < -0.39 is 0 Å². The van der Waals surface area contributed by atoms with Gasteiger partial charge < -0.3 is 10.2 Å². The van der Waals surface area contributed by atoms with Crippen molar-refractivity contribution in [1.29, 1.82) is 0 Å². The van der Waals surface area contributed by atoms with E-state index in [1.54, 1.807) is 12.4 Å². The molecule has 2 heterocycles. The predicted octanol–water partition coefficient (Wildman–Crippen LogP) is 3.06. The van der Waals surface area contributed by atoms with Gasteiger partial charge in [0.2, 0.25) is 11.9 Å². The molecule has 0 aliphatic carbocycles. The molecule has 1 aromatic heterocycles. The minimum Gasteiger partial charge on any atom is -0.353 e. The number of piperidine rings is 1. The van der Waals surface area contributed by atoms with E-state index in [-0.39, 0.29) is 11.9 Å². The lowest BCUT2D eigenvalue weighted by Gasteiger charge is -2.32. The summed E-state index contributed by atoms with van der Waals surface area (Å²) in [4.78, 5) is 22.8. The fourth-order valence-corrected chi connectivity index (χ4v) is 2.98. The van der Waals surface area contributed by atoms with Gasteiger partial charge in [-0.25, -0.2) is 9.97 Å². The molecule has 1 aromatic carbocycles. The van der Waals surface area contributed by atoms with E-state index in [2.05, 4.69) is 44.5 Å². The first-order valence-electron chi connectivity index (χ1n) is 8.84. The topological polar surface area (TPSA) is 58.1 Å². The second-order valence-electron chi connectivity index (χ2n) is 6.23. The second-order valence-corrected chi connectivity index (χ2v) is 6.23. The highest BCUT2D eigenvalue weighted by molar-refractivity contribution is 5.76. The molecule has 0 spiro atoms. The van der Waals surface area contributed by atoms with Crippen molar-refractivity contribution in [1.82, 2.24) is 15.3 Å². The average Bonchev–Trinajstić information content (AvgIpc) is 2.67. The zero-order valence-corrected chi connectivity index (χ0v) is 14.3. The summed E-state index contributed by atoms with van der Waals surface area (Å²) in [7, 11) is 0. The van der Waals surface area contributed by atoms with E-state index in [1.165, 1.54) is 5.56 Å². The van der Waals surface area contributed by atoms with Crippen molar-refractivity contribution >= 4 is 17.9 Å². The van der Waals surface area contributed by atoms with Gasteiger partial charge in [-0.2, -0.15) is 0 Å². The van der Waals surface area contributed by atoms with Gasteiger partial charge in [-0.05, 0) is 30.9 Å². The van der Waals surface area contributed by atoms with Gasteiger partial charge in [-0.3, -0.25) is 4.79 Å². The normalized spacial score (nSPS) is 15.4. The molecule has 1 aliphatic heterocycles. The smallest absolute Gasteiger partial charge is 0.225 e. The standard InChI is InChI=1S/C20H24N4O/c25-19(10-5-4-9-17-7-2-1-3-8-17)23-18-11-15-24(16-12-18)20-21-13-6-14-22-20/h1-4,6-9,13-14,18H,5,10-12,15-16H2,(H,23,25). The van der Waals surface area contributed by atoms with Crippen LogP contribution in [0.1, 0.15) is 31.2 Å². The molecule has 0 bridgehead atoms. The Morgan fingerprint density at radius 1 is 1.12 bits per heavy atom. The number of allylic oxidation sites excluding steroid dienone is 1. The Labute approximate surface area is 148 Å². The fraction of sp³-hybridized carbons (Fsp3) is 0.350. The number of aromatic nitrogens is 2. The number of nitrogens with zero attached hydrogens (tertiary/aromatic N) is 3. The third kappa shape index (κ3) is 5.41. The minimum absolute atomic E-state index is 0.132. The third-order valence-corrected chi connectivity index (χ3v) is 4.34. The van der Waals surface area contributed by atoms with E-state index in [0.29, 0.717) is 6.42 Å². The van der Waals surface area contributed by atoms with E-state index in [1.807, 2.05) is 24.3 Å². The maximum Gasteiger partial charge on any atom is 0.225 e. The molecule has 0 unspecified atom stereocenters. The zero-order valence-electron chi connectivity index (χ0n) is 14.3. The van der Waals surface area contributed by atoms with Gasteiger partial charge in [0.25, 0.3) is 0 Å². The van der Waals surface area contributed by atoms with Crippen molar-refractivity contribution in [3.63, 3.8) is 0 Å². The SMILES string of the molecule is O=C(CCC=Cc1ccccc1)NC1CCN(c2ncccn2)CC1. The van der Waals surface area contributed by atoms with Gasteiger partial charge in [0, 0.05) is 37.9 Å². The Hall–Kier alpha value is -2.69. The first-order chi connectivity index (χ1) is 12.3. The second kappa shape index (κ2) is 8.97. The van der Waals surface area contributed by atoms with E-state index in [0.717, 1.165) is 38.3 Å². The fourth-order valence-electron chi connectivity index (χ4n) is 2.98. The molecule has 2 aromatic rings. The zero-order chi connectivity index (χ0) is 17.3. The van der Waals surface area contributed by atoms with Crippen LogP contribution >= 0.6 is 0 Å². The highest BCUT2D eigenvalue weighted by Crippen LogP contribution is 2.15. The summed E-state index contributed by atoms with van der Waals surface area (Å²) in [6.07, 6.45) is 10.8. The van der Waals surface area contributed by atoms with Gasteiger partial charge in [0.05, 0.1) is 0 Å². The summed E-state index contributed by atoms with van der Waals surface area (Å²) in [5.74, 6) is 0.908. The molecule has 3 rings (SSSR count). The molecule has 1 amide bonds. The lowest BCUT2D eigenvalue weighted by Crippen LogP contribution is -2.45. The van der Waals surface area contributed by atoms with Crippen molar-refractivity contribution in [3.05, 3.63) is 60.4 Å². The lowest BCUT2D eigenvalue weighted by molar-refractivity contribution is -0.121. The molecule has 0 saturated carbocycles. The summed E-state index contributed by atoms with van der Waals surface area (Å²) in [6, 6.07) is 12.2. The van der Waals surface area contributed by atoms with Crippen molar-refractivity contribution < 1.29 is 4.79 Å². The van der Waals surface area contributed by atoms with Gasteiger partial charge in [0.15, 0.2) is 0 Å². The van der Waals surface area contributed by atoms with Crippen LogP contribution in [-0.2, 0) is 4.79 Å². The number of hydrogen-bond acceptors (Lipinski definition) is 4. The Morgan fingerprint density at radius 2 is 1.84 bits per heavy atom. The van der Waals surface area contributed by atoms with Crippen LogP contribution < -0.4 is 10.2 Å². The lowest BCUT2D eigenvalue weighted by atomic mass is 10.0. The van der Waals surface area contributed by atoms with Gasteiger partial charge >= 0.3 is 0 Å². The molecule has 25 heavy (non-hydrogen) atoms. The van der Waals surface area contributed by atoms with Crippen molar-refractivity contribution in [2.75, 3.05) is 18.0 Å². The number of anilines is 1. The van der Waals surface area contributed by atoms with Crippen LogP contribution in [0.5, 0.6) is 0 Å². The molecule has 1 saturated heterocycles. The van der Waals surface area contributed by atoms with Crippen LogP contribution in [0.2, 0.25) is 0 Å². The van der Waals surface area contributed by atoms with Crippen LogP contribution in [-0.4, -0.2) is 35.0 Å². The molecule has 1 N–H and O–H groups in total. The minimum atomic E-state index is 0.132. The van der Waals surface area contributed by atoms with Crippen molar-refractivity contribution in [2.24, 2.45) is 0 Å². The summed E-state index contributed by atoms with van der Waals surface area (Å²) in [6.45, 7) is 1.76. The number of nitrogens with one attached hydrogen (secondary N) is 1. The number of benzene rings is 1. The molecule has 0 radical (unpaired) electrons. The Kier molecular flexibility index (Phi) is 6.15. The molecule has 5 heteroatoms. The highest BCUT2D eigenvalue weighted by atomic mass is 16.1. The molecule has 130 valence electrons. The third-order valence-electron chi connectivity index (χ3n) is 4.34. The van der Waals surface area contributed by atoms with Crippen LogP contribution in [0.15, 0.2) is 54.9 Å². The van der Waals surface area contributed by atoms with Crippen molar-refractivity contribution in [2.45, 2.75) is 31.7 Å². The van der Waals surface area contributed by atoms with E-state index in [9.17, 15) is 4.79 Å². The largest absolute Gasteiger partial charge is 0.353 e. The molecular weight excluding hydrogens is 312 g/mol. The number of amides is 1. The summed E-state index contributed by atoms with van der Waals surface area (Å²) in [5, 5.41) is 3.15. The van der Waals surface area contributed by atoms with Crippen LogP contribution in [0, 0.1) is 0 Å². The van der Waals surface area contributed by atoms with Crippen LogP contribution in [0.3, 0.4) is 0 Å². The van der Waals surface area contributed by atoms with Gasteiger partial charge in [-0.15, -0.1) is 0 Å². The maximum absolute atomic E-state index is 12.1. The number of carbonyl (C=O) groups excluding carboxylic acids is 1. The van der Waals surface area contributed by atoms with Gasteiger partial charge in [0.1, 0.15) is 0 Å². The molecular formula is C20H24N4O. The Bertz CT molecular complexity index is 679. The number of hydrogen-bond donors (Lipinski definition) is 1. The maximum atomic E-state index is 12.1. The average molecular weight is 336 g/mol. The van der Waals surface area contributed by atoms with Crippen molar-refractivity contribution in [3.8, 4) is 0 Å². The Morgan fingerprint density at radius 3 is 2.56 bits per heavy atom. The first kappa shape index (κ1) is 17.1. The van der Waals surface area contributed by atoms with Gasteiger partial charge in [-0.1, -0.05) is 42.5 Å². The molecule has 0 atom stereocenters. The van der Waals surface area contributed by atoms with E-state index in [4.69, 9.17) is 0 Å². The summed E-state index contributed by atoms with van der Waals surface area (Å²) >= 11 is 0. The van der Waals surface area contributed by atoms with Crippen LogP contribution in [0.4, 0.5) is 5.95 Å². The van der Waals surface area contributed by atoms with Crippen LogP contribution in [0.25, 0.3) is 6.08 Å². The molecule has 1 fully saturated rings. The summed E-state index contributed by atoms with van der Waals surface area (Å²) < 4.78 is 0. The Balaban J connectivity index is 1.36. The number of rotatable bonds is 6.